The van der Waals surface area contributed by atoms with Gasteiger partial charge in [-0.05, 0) is 49.0 Å². The molecule has 13 heavy (non-hydrogen) atoms. The van der Waals surface area contributed by atoms with Gasteiger partial charge >= 0.3 is 0 Å². The molecule has 1 unspecified atom stereocenters. The second-order valence-electron chi connectivity index (χ2n) is 6.13. The first kappa shape index (κ1) is 11.0. The standard InChI is InChI=1S/C12H25N/c1-11(2)6-5-10(9-11)12(3,4)7-8-13/h10H,5-9,13H2,1-4H3. The van der Waals surface area contributed by atoms with Gasteiger partial charge in [0, 0.05) is 0 Å². The zero-order chi connectivity index (χ0) is 10.1. The summed E-state index contributed by atoms with van der Waals surface area (Å²) in [5.74, 6) is 0.894. The predicted octanol–water partition coefficient (Wildman–Crippen LogP) is 3.19. The summed E-state index contributed by atoms with van der Waals surface area (Å²) in [7, 11) is 0. The van der Waals surface area contributed by atoms with Gasteiger partial charge in [0.1, 0.15) is 0 Å². The van der Waals surface area contributed by atoms with Gasteiger partial charge in [-0.2, -0.15) is 0 Å². The molecule has 0 spiro atoms. The Bertz CT molecular complexity index is 170. The summed E-state index contributed by atoms with van der Waals surface area (Å²) in [6.45, 7) is 10.4. The Morgan fingerprint density at radius 3 is 2.38 bits per heavy atom. The van der Waals surface area contributed by atoms with E-state index in [-0.39, 0.29) is 0 Å². The summed E-state index contributed by atoms with van der Waals surface area (Å²) >= 11 is 0. The largest absolute Gasteiger partial charge is 0.330 e. The van der Waals surface area contributed by atoms with E-state index >= 15 is 0 Å². The fourth-order valence-electron chi connectivity index (χ4n) is 2.68. The van der Waals surface area contributed by atoms with Crippen LogP contribution in [0.2, 0.25) is 0 Å². The molecule has 0 radical (unpaired) electrons. The average molecular weight is 183 g/mol. The van der Waals surface area contributed by atoms with Gasteiger partial charge in [-0.3, -0.25) is 0 Å². The van der Waals surface area contributed by atoms with Crippen LogP contribution in [0.5, 0.6) is 0 Å². The molecule has 2 N–H and O–H groups in total. The van der Waals surface area contributed by atoms with Crippen molar-refractivity contribution in [3.8, 4) is 0 Å². The molecule has 0 saturated heterocycles. The molecule has 1 nitrogen and oxygen atoms in total. The van der Waals surface area contributed by atoms with Crippen molar-refractivity contribution in [2.24, 2.45) is 22.5 Å². The van der Waals surface area contributed by atoms with Crippen molar-refractivity contribution in [1.29, 1.82) is 0 Å². The second kappa shape index (κ2) is 3.61. The van der Waals surface area contributed by atoms with E-state index in [0.29, 0.717) is 10.8 Å². The lowest BCUT2D eigenvalue weighted by atomic mass is 9.74. The molecule has 1 rings (SSSR count). The molecule has 1 fully saturated rings. The summed E-state index contributed by atoms with van der Waals surface area (Å²) in [4.78, 5) is 0. The molecule has 1 aliphatic rings. The number of rotatable bonds is 3. The van der Waals surface area contributed by atoms with Crippen LogP contribution in [0.25, 0.3) is 0 Å². The molecule has 0 aromatic carbocycles. The second-order valence-corrected chi connectivity index (χ2v) is 6.13. The maximum Gasteiger partial charge on any atom is -0.00721 e. The summed E-state index contributed by atoms with van der Waals surface area (Å²) in [5, 5.41) is 0. The average Bonchev–Trinajstić information content (AvgIpc) is 2.30. The van der Waals surface area contributed by atoms with Gasteiger partial charge in [0.05, 0.1) is 0 Å². The van der Waals surface area contributed by atoms with Gasteiger partial charge in [-0.15, -0.1) is 0 Å². The van der Waals surface area contributed by atoms with Crippen LogP contribution in [0.1, 0.15) is 53.4 Å². The zero-order valence-electron chi connectivity index (χ0n) is 9.69. The molecule has 1 atom stereocenters. The van der Waals surface area contributed by atoms with Crippen molar-refractivity contribution in [3.63, 3.8) is 0 Å². The van der Waals surface area contributed by atoms with Crippen LogP contribution in [0.4, 0.5) is 0 Å². The normalized spacial score (nSPS) is 27.9. The van der Waals surface area contributed by atoms with Crippen molar-refractivity contribution >= 4 is 0 Å². The maximum atomic E-state index is 5.65. The Morgan fingerprint density at radius 2 is 2.00 bits per heavy atom. The smallest absolute Gasteiger partial charge is 0.00721 e. The van der Waals surface area contributed by atoms with E-state index in [0.717, 1.165) is 12.5 Å². The Hall–Kier alpha value is -0.0400. The van der Waals surface area contributed by atoms with E-state index in [9.17, 15) is 0 Å². The SMILES string of the molecule is CC1(C)CCC(C(C)(C)CCN)C1. The minimum atomic E-state index is 0.461. The molecule has 1 aliphatic carbocycles. The lowest BCUT2D eigenvalue weighted by Crippen LogP contribution is -2.26. The molecule has 0 aromatic rings. The van der Waals surface area contributed by atoms with Crippen molar-refractivity contribution < 1.29 is 0 Å². The van der Waals surface area contributed by atoms with Crippen molar-refractivity contribution in [1.82, 2.24) is 0 Å². The van der Waals surface area contributed by atoms with Crippen molar-refractivity contribution in [2.75, 3.05) is 6.54 Å². The molecule has 1 heteroatoms. The third-order valence-electron chi connectivity index (χ3n) is 3.86. The van der Waals surface area contributed by atoms with Gasteiger partial charge in [0.25, 0.3) is 0 Å². The minimum absolute atomic E-state index is 0.461. The third kappa shape index (κ3) is 2.70. The van der Waals surface area contributed by atoms with Gasteiger partial charge < -0.3 is 5.73 Å². The fraction of sp³-hybridized carbons (Fsp3) is 1.00. The van der Waals surface area contributed by atoms with Crippen molar-refractivity contribution in [3.05, 3.63) is 0 Å². The van der Waals surface area contributed by atoms with E-state index in [4.69, 9.17) is 5.73 Å². The highest BCUT2D eigenvalue weighted by molar-refractivity contribution is 4.89. The molecular formula is C12H25N. The summed E-state index contributed by atoms with van der Waals surface area (Å²) in [6, 6.07) is 0. The van der Waals surface area contributed by atoms with Gasteiger partial charge in [0.2, 0.25) is 0 Å². The van der Waals surface area contributed by atoms with E-state index in [1.165, 1.54) is 25.7 Å². The van der Waals surface area contributed by atoms with Crippen LogP contribution in [0.3, 0.4) is 0 Å². The molecule has 1 saturated carbocycles. The Labute approximate surface area is 83.1 Å². The maximum absolute atomic E-state index is 5.65. The first-order chi connectivity index (χ1) is 5.87. The number of hydrogen-bond donors (Lipinski definition) is 1. The topological polar surface area (TPSA) is 26.0 Å². The molecular weight excluding hydrogens is 158 g/mol. The lowest BCUT2D eigenvalue weighted by molar-refractivity contribution is 0.187. The molecule has 78 valence electrons. The summed E-state index contributed by atoms with van der Waals surface area (Å²) < 4.78 is 0. The molecule has 0 amide bonds. The fourth-order valence-corrected chi connectivity index (χ4v) is 2.68. The molecule has 0 heterocycles. The first-order valence-electron chi connectivity index (χ1n) is 5.57. The molecule has 0 aromatic heterocycles. The lowest BCUT2D eigenvalue weighted by Gasteiger charge is -2.32. The number of nitrogens with two attached hydrogens (primary N) is 1. The van der Waals surface area contributed by atoms with Crippen LogP contribution in [-0.4, -0.2) is 6.54 Å². The first-order valence-corrected chi connectivity index (χ1v) is 5.57. The van der Waals surface area contributed by atoms with E-state index in [1.54, 1.807) is 0 Å². The zero-order valence-corrected chi connectivity index (χ0v) is 9.69. The van der Waals surface area contributed by atoms with Gasteiger partial charge in [-0.25, -0.2) is 0 Å². The predicted molar refractivity (Wildman–Crippen MR) is 58.6 cm³/mol. The van der Waals surface area contributed by atoms with E-state index < -0.39 is 0 Å². The van der Waals surface area contributed by atoms with Gasteiger partial charge in [0.15, 0.2) is 0 Å². The van der Waals surface area contributed by atoms with Crippen LogP contribution in [-0.2, 0) is 0 Å². The monoisotopic (exact) mass is 183 g/mol. The Morgan fingerprint density at radius 1 is 1.38 bits per heavy atom. The van der Waals surface area contributed by atoms with Crippen LogP contribution in [0, 0.1) is 16.7 Å². The van der Waals surface area contributed by atoms with Crippen LogP contribution >= 0.6 is 0 Å². The Kier molecular flexibility index (Phi) is 3.06. The Balaban J connectivity index is 2.54. The quantitative estimate of drug-likeness (QED) is 0.714. The van der Waals surface area contributed by atoms with Gasteiger partial charge in [-0.1, -0.05) is 27.7 Å². The minimum Gasteiger partial charge on any atom is -0.330 e. The third-order valence-corrected chi connectivity index (χ3v) is 3.86. The van der Waals surface area contributed by atoms with E-state index in [1.807, 2.05) is 0 Å². The highest BCUT2D eigenvalue weighted by Gasteiger charge is 2.38. The van der Waals surface area contributed by atoms with Crippen molar-refractivity contribution in [2.45, 2.75) is 53.4 Å². The highest BCUT2D eigenvalue weighted by atomic mass is 14.5. The molecule has 0 bridgehead atoms. The summed E-state index contributed by atoms with van der Waals surface area (Å²) in [6.07, 6.45) is 5.36. The van der Waals surface area contributed by atoms with Crippen LogP contribution < -0.4 is 5.73 Å². The number of hydrogen-bond acceptors (Lipinski definition) is 1. The molecule has 0 aliphatic heterocycles. The highest BCUT2D eigenvalue weighted by Crippen LogP contribution is 2.49. The summed E-state index contributed by atoms with van der Waals surface area (Å²) in [5.41, 5.74) is 6.69. The van der Waals surface area contributed by atoms with E-state index in [2.05, 4.69) is 27.7 Å². The van der Waals surface area contributed by atoms with Crippen LogP contribution in [0.15, 0.2) is 0 Å².